The number of fused-ring (bicyclic) bond motifs is 1. The number of carbonyl (C=O) groups is 1. The first-order valence-electron chi connectivity index (χ1n) is 8.24. The zero-order valence-corrected chi connectivity index (χ0v) is 14.7. The predicted octanol–water partition coefficient (Wildman–Crippen LogP) is 1.03. The molecular weight excluding hydrogens is 360 g/mol. The van der Waals surface area contributed by atoms with Crippen LogP contribution in [0.1, 0.15) is 12.8 Å². The van der Waals surface area contributed by atoms with Crippen molar-refractivity contribution in [2.45, 2.75) is 24.4 Å². The highest BCUT2D eigenvalue weighted by Gasteiger charge is 2.29. The molecule has 1 N–H and O–H groups in total. The highest BCUT2D eigenvalue weighted by molar-refractivity contribution is 7.89. The Morgan fingerprint density at radius 1 is 1.19 bits per heavy atom. The molecule has 0 saturated carbocycles. The number of aromatic nitrogens is 2. The number of nitrogens with zero attached hydrogens (tertiary/aromatic N) is 3. The fraction of sp³-hybridized carbons (Fsp3) is 0.375. The van der Waals surface area contributed by atoms with Crippen molar-refractivity contribution in [3.05, 3.63) is 30.7 Å². The van der Waals surface area contributed by atoms with E-state index in [2.05, 4.69) is 10.3 Å². The smallest absolute Gasteiger partial charge is 0.262 e. The minimum absolute atomic E-state index is 0.0321. The van der Waals surface area contributed by atoms with Gasteiger partial charge in [-0.3, -0.25) is 4.79 Å². The van der Waals surface area contributed by atoms with Gasteiger partial charge in [-0.15, -0.1) is 0 Å². The molecule has 2 aromatic rings. The van der Waals surface area contributed by atoms with Crippen molar-refractivity contribution < 1.29 is 22.7 Å². The van der Waals surface area contributed by atoms with Crippen molar-refractivity contribution in [1.82, 2.24) is 13.9 Å². The number of nitrogens with one attached hydrogen (secondary N) is 1. The van der Waals surface area contributed by atoms with Gasteiger partial charge in [0.05, 0.1) is 6.33 Å². The SMILES string of the molecule is O=C(Cn1cnc(S(=O)(=O)N2CCCC2)c1)Nc1ccc2c(c1)OCO2. The van der Waals surface area contributed by atoms with Crippen LogP contribution in [0, 0.1) is 0 Å². The fourth-order valence-electron chi connectivity index (χ4n) is 2.96. The van der Waals surface area contributed by atoms with Crippen LogP contribution in [0.5, 0.6) is 11.5 Å². The van der Waals surface area contributed by atoms with E-state index in [1.807, 2.05) is 0 Å². The maximum atomic E-state index is 12.5. The van der Waals surface area contributed by atoms with Gasteiger partial charge in [0.15, 0.2) is 16.5 Å². The molecule has 0 bridgehead atoms. The van der Waals surface area contributed by atoms with E-state index >= 15 is 0 Å². The number of imidazole rings is 1. The van der Waals surface area contributed by atoms with Gasteiger partial charge in [-0.2, -0.15) is 4.31 Å². The number of anilines is 1. The lowest BCUT2D eigenvalue weighted by Gasteiger charge is -2.12. The van der Waals surface area contributed by atoms with Crippen LogP contribution in [0.2, 0.25) is 0 Å². The molecule has 1 saturated heterocycles. The van der Waals surface area contributed by atoms with Gasteiger partial charge >= 0.3 is 0 Å². The van der Waals surface area contributed by atoms with E-state index in [4.69, 9.17) is 9.47 Å². The third-order valence-corrected chi connectivity index (χ3v) is 6.05. The minimum Gasteiger partial charge on any atom is -0.454 e. The maximum Gasteiger partial charge on any atom is 0.262 e. The normalized spacial score (nSPS) is 16.8. The summed E-state index contributed by atoms with van der Waals surface area (Å²) >= 11 is 0. The summed E-state index contributed by atoms with van der Waals surface area (Å²) in [5, 5.41) is 2.71. The topological polar surface area (TPSA) is 103 Å². The van der Waals surface area contributed by atoms with Gasteiger partial charge in [-0.25, -0.2) is 13.4 Å². The van der Waals surface area contributed by atoms with Gasteiger partial charge in [0.1, 0.15) is 6.54 Å². The monoisotopic (exact) mass is 378 g/mol. The highest BCUT2D eigenvalue weighted by Crippen LogP contribution is 2.34. The summed E-state index contributed by atoms with van der Waals surface area (Å²) in [5.74, 6) is 0.908. The second kappa shape index (κ2) is 6.61. The zero-order valence-electron chi connectivity index (χ0n) is 13.9. The number of hydrogen-bond donors (Lipinski definition) is 1. The summed E-state index contributed by atoms with van der Waals surface area (Å²) in [6.45, 7) is 1.15. The average Bonchev–Trinajstić information content (AvgIpc) is 3.35. The van der Waals surface area contributed by atoms with Crippen molar-refractivity contribution in [1.29, 1.82) is 0 Å². The van der Waals surface area contributed by atoms with Gasteiger partial charge in [0.2, 0.25) is 12.7 Å². The molecule has 26 heavy (non-hydrogen) atoms. The summed E-state index contributed by atoms with van der Waals surface area (Å²) < 4.78 is 38.3. The number of hydrogen-bond acceptors (Lipinski definition) is 6. The number of rotatable bonds is 5. The lowest BCUT2D eigenvalue weighted by atomic mass is 10.3. The Morgan fingerprint density at radius 3 is 2.77 bits per heavy atom. The Balaban J connectivity index is 1.41. The molecule has 3 heterocycles. The lowest BCUT2D eigenvalue weighted by Crippen LogP contribution is -2.28. The standard InChI is InChI=1S/C16H18N4O5S/c21-15(18-12-3-4-13-14(7-12)25-11-24-13)8-19-9-16(17-10-19)26(22,23)20-5-1-2-6-20/h3-4,7,9-10H,1-2,5-6,8,11H2,(H,18,21). The molecule has 9 nitrogen and oxygen atoms in total. The van der Waals surface area contributed by atoms with E-state index in [-0.39, 0.29) is 24.3 Å². The molecular formula is C16H18N4O5S. The predicted molar refractivity (Wildman–Crippen MR) is 91.4 cm³/mol. The second-order valence-corrected chi connectivity index (χ2v) is 8.00. The summed E-state index contributed by atoms with van der Waals surface area (Å²) in [7, 11) is -3.58. The van der Waals surface area contributed by atoms with E-state index in [0.29, 0.717) is 30.3 Å². The molecule has 10 heteroatoms. The quantitative estimate of drug-likeness (QED) is 0.834. The van der Waals surface area contributed by atoms with Crippen LogP contribution in [0.15, 0.2) is 35.7 Å². The molecule has 1 aromatic heterocycles. The van der Waals surface area contributed by atoms with Crippen molar-refractivity contribution in [3.8, 4) is 11.5 Å². The van der Waals surface area contributed by atoms with Gasteiger partial charge in [-0.05, 0) is 25.0 Å². The molecule has 4 rings (SSSR count). The van der Waals surface area contributed by atoms with Crippen LogP contribution in [0.3, 0.4) is 0 Å². The summed E-state index contributed by atoms with van der Waals surface area (Å²) in [4.78, 5) is 16.2. The van der Waals surface area contributed by atoms with Gasteiger partial charge in [0.25, 0.3) is 10.0 Å². The van der Waals surface area contributed by atoms with Crippen LogP contribution < -0.4 is 14.8 Å². The summed E-state index contributed by atoms with van der Waals surface area (Å²) in [5.41, 5.74) is 0.573. The number of carbonyl (C=O) groups excluding carboxylic acids is 1. The minimum atomic E-state index is -3.58. The molecule has 138 valence electrons. The Morgan fingerprint density at radius 2 is 1.96 bits per heavy atom. The maximum absolute atomic E-state index is 12.5. The van der Waals surface area contributed by atoms with Crippen LogP contribution in [-0.4, -0.2) is 48.1 Å². The van der Waals surface area contributed by atoms with Crippen molar-refractivity contribution in [3.63, 3.8) is 0 Å². The second-order valence-electron chi connectivity index (χ2n) is 6.11. The van der Waals surface area contributed by atoms with E-state index in [9.17, 15) is 13.2 Å². The first-order valence-corrected chi connectivity index (χ1v) is 9.68. The van der Waals surface area contributed by atoms with Crippen LogP contribution in [0.25, 0.3) is 0 Å². The molecule has 1 fully saturated rings. The molecule has 0 aliphatic carbocycles. The Kier molecular flexibility index (Phi) is 4.29. The largest absolute Gasteiger partial charge is 0.454 e. The molecule has 2 aliphatic rings. The Hall–Kier alpha value is -2.59. The average molecular weight is 378 g/mol. The van der Waals surface area contributed by atoms with Gasteiger partial charge < -0.3 is 19.4 Å². The molecule has 0 unspecified atom stereocenters. The van der Waals surface area contributed by atoms with Gasteiger partial charge in [0, 0.05) is 31.0 Å². The molecule has 1 amide bonds. The van der Waals surface area contributed by atoms with E-state index in [0.717, 1.165) is 12.8 Å². The highest BCUT2D eigenvalue weighted by atomic mass is 32.2. The fourth-order valence-corrected chi connectivity index (χ4v) is 4.41. The first-order chi connectivity index (χ1) is 12.5. The number of ether oxygens (including phenoxy) is 2. The number of benzene rings is 1. The molecule has 0 spiro atoms. The van der Waals surface area contributed by atoms with E-state index in [1.54, 1.807) is 18.2 Å². The van der Waals surface area contributed by atoms with Gasteiger partial charge in [-0.1, -0.05) is 0 Å². The van der Waals surface area contributed by atoms with E-state index in [1.165, 1.54) is 21.4 Å². The third kappa shape index (κ3) is 3.25. The number of amides is 1. The van der Waals surface area contributed by atoms with Crippen LogP contribution in [0.4, 0.5) is 5.69 Å². The molecule has 0 radical (unpaired) electrons. The number of sulfonamides is 1. The summed E-state index contributed by atoms with van der Waals surface area (Å²) in [6, 6.07) is 5.11. The lowest BCUT2D eigenvalue weighted by molar-refractivity contribution is -0.116. The van der Waals surface area contributed by atoms with Crippen LogP contribution >= 0.6 is 0 Å². The Bertz CT molecular complexity index is 934. The van der Waals surface area contributed by atoms with Crippen LogP contribution in [-0.2, 0) is 21.4 Å². The molecule has 1 aromatic carbocycles. The summed E-state index contributed by atoms with van der Waals surface area (Å²) in [6.07, 6.45) is 4.45. The van der Waals surface area contributed by atoms with Crippen molar-refractivity contribution in [2.24, 2.45) is 0 Å². The first kappa shape index (κ1) is 16.9. The van der Waals surface area contributed by atoms with E-state index < -0.39 is 10.0 Å². The molecule has 0 atom stereocenters. The van der Waals surface area contributed by atoms with Crippen molar-refractivity contribution in [2.75, 3.05) is 25.2 Å². The van der Waals surface area contributed by atoms with Crippen molar-refractivity contribution >= 4 is 21.6 Å². The molecule has 2 aliphatic heterocycles. The Labute approximate surface area is 150 Å². The zero-order chi connectivity index (χ0) is 18.1. The third-order valence-electron chi connectivity index (χ3n) is 4.26.